The van der Waals surface area contributed by atoms with Gasteiger partial charge in [0.2, 0.25) is 5.91 Å². The number of para-hydroxylation sites is 2. The number of hydrogen-bond acceptors (Lipinski definition) is 4. The van der Waals surface area contributed by atoms with Crippen molar-refractivity contribution in [3.63, 3.8) is 0 Å². The SMILES string of the molecule is CC1CN(c2ccccc2NC(=O)CCC2CCNCC2)CC(C)O1.Cl.Cl. The molecular weight excluding hydrogens is 385 g/mol. The van der Waals surface area contributed by atoms with Crippen LogP contribution in [0, 0.1) is 5.92 Å². The fraction of sp³-hybridized carbons (Fsp3) is 0.650. The van der Waals surface area contributed by atoms with Gasteiger partial charge in [-0.2, -0.15) is 0 Å². The highest BCUT2D eigenvalue weighted by molar-refractivity contribution is 5.94. The van der Waals surface area contributed by atoms with Crippen molar-refractivity contribution < 1.29 is 9.53 Å². The number of nitrogens with zero attached hydrogens (tertiary/aromatic N) is 1. The van der Waals surface area contributed by atoms with Gasteiger partial charge in [-0.3, -0.25) is 4.79 Å². The molecule has 0 bridgehead atoms. The van der Waals surface area contributed by atoms with Gasteiger partial charge in [-0.1, -0.05) is 12.1 Å². The van der Waals surface area contributed by atoms with Gasteiger partial charge in [0, 0.05) is 19.5 Å². The van der Waals surface area contributed by atoms with E-state index in [9.17, 15) is 4.79 Å². The van der Waals surface area contributed by atoms with Crippen LogP contribution in [0.4, 0.5) is 11.4 Å². The number of hydrogen-bond donors (Lipinski definition) is 2. The Morgan fingerprint density at radius 1 is 1.15 bits per heavy atom. The van der Waals surface area contributed by atoms with Gasteiger partial charge in [-0.25, -0.2) is 0 Å². The predicted octanol–water partition coefficient (Wildman–Crippen LogP) is 3.86. The topological polar surface area (TPSA) is 53.6 Å². The zero-order chi connectivity index (χ0) is 17.6. The maximum Gasteiger partial charge on any atom is 0.224 e. The predicted molar refractivity (Wildman–Crippen MR) is 117 cm³/mol. The molecular formula is C20H33Cl2N3O2. The zero-order valence-corrected chi connectivity index (χ0v) is 17.9. The first kappa shape index (κ1) is 24.0. The fourth-order valence-electron chi connectivity index (χ4n) is 3.95. The van der Waals surface area contributed by atoms with E-state index in [1.165, 1.54) is 12.8 Å². The van der Waals surface area contributed by atoms with Crippen LogP contribution in [-0.4, -0.2) is 44.3 Å². The molecule has 2 fully saturated rings. The summed E-state index contributed by atoms with van der Waals surface area (Å²) in [5.41, 5.74) is 2.01. The van der Waals surface area contributed by atoms with Crippen LogP contribution >= 0.6 is 24.8 Å². The van der Waals surface area contributed by atoms with E-state index in [0.717, 1.165) is 44.0 Å². The third-order valence-electron chi connectivity index (χ3n) is 5.18. The molecule has 154 valence electrons. The van der Waals surface area contributed by atoms with E-state index >= 15 is 0 Å². The minimum atomic E-state index is 0. The number of benzene rings is 1. The molecule has 0 aromatic heterocycles. The lowest BCUT2D eigenvalue weighted by Crippen LogP contribution is -2.45. The summed E-state index contributed by atoms with van der Waals surface area (Å²) in [6, 6.07) is 8.11. The van der Waals surface area contributed by atoms with Crippen molar-refractivity contribution in [1.82, 2.24) is 5.32 Å². The molecule has 7 heteroatoms. The van der Waals surface area contributed by atoms with E-state index in [0.29, 0.717) is 12.3 Å². The minimum absolute atomic E-state index is 0. The first-order valence-electron chi connectivity index (χ1n) is 9.62. The van der Waals surface area contributed by atoms with Crippen molar-refractivity contribution in [1.29, 1.82) is 0 Å². The molecule has 5 nitrogen and oxygen atoms in total. The molecule has 0 radical (unpaired) electrons. The Morgan fingerprint density at radius 2 is 1.78 bits per heavy atom. The third kappa shape index (κ3) is 7.15. The molecule has 2 heterocycles. The number of anilines is 2. The first-order chi connectivity index (χ1) is 12.1. The zero-order valence-electron chi connectivity index (χ0n) is 16.3. The van der Waals surface area contributed by atoms with Crippen LogP contribution in [0.3, 0.4) is 0 Å². The maximum absolute atomic E-state index is 12.4. The van der Waals surface area contributed by atoms with Crippen LogP contribution < -0.4 is 15.5 Å². The summed E-state index contributed by atoms with van der Waals surface area (Å²) in [5.74, 6) is 0.809. The van der Waals surface area contributed by atoms with Gasteiger partial charge in [0.1, 0.15) is 0 Å². The molecule has 0 spiro atoms. The average molecular weight is 418 g/mol. The average Bonchev–Trinajstić information content (AvgIpc) is 2.60. The van der Waals surface area contributed by atoms with E-state index in [1.54, 1.807) is 0 Å². The molecule has 1 amide bonds. The summed E-state index contributed by atoms with van der Waals surface area (Å²) >= 11 is 0. The molecule has 1 aromatic rings. The molecule has 2 saturated heterocycles. The van der Waals surface area contributed by atoms with Crippen LogP contribution in [0.25, 0.3) is 0 Å². The molecule has 0 aliphatic carbocycles. The molecule has 2 aliphatic heterocycles. The Labute approximate surface area is 175 Å². The summed E-state index contributed by atoms with van der Waals surface area (Å²) < 4.78 is 5.83. The molecule has 2 aliphatic rings. The van der Waals surface area contributed by atoms with Crippen LogP contribution in [0.5, 0.6) is 0 Å². The number of nitrogens with one attached hydrogen (secondary N) is 2. The Kier molecular flexibility index (Phi) is 10.5. The number of carbonyl (C=O) groups is 1. The van der Waals surface area contributed by atoms with E-state index in [4.69, 9.17) is 4.74 Å². The van der Waals surface area contributed by atoms with Crippen molar-refractivity contribution in [3.8, 4) is 0 Å². The molecule has 2 unspecified atom stereocenters. The molecule has 1 aromatic carbocycles. The number of amides is 1. The number of rotatable bonds is 5. The van der Waals surface area contributed by atoms with Crippen molar-refractivity contribution in [2.75, 3.05) is 36.4 Å². The first-order valence-corrected chi connectivity index (χ1v) is 9.62. The fourth-order valence-corrected chi connectivity index (χ4v) is 3.95. The maximum atomic E-state index is 12.4. The Bertz CT molecular complexity index is 572. The highest BCUT2D eigenvalue weighted by Gasteiger charge is 2.24. The van der Waals surface area contributed by atoms with Gasteiger partial charge in [0.25, 0.3) is 0 Å². The summed E-state index contributed by atoms with van der Waals surface area (Å²) in [6.45, 7) is 8.08. The van der Waals surface area contributed by atoms with Gasteiger partial charge in [-0.15, -0.1) is 24.8 Å². The second-order valence-corrected chi connectivity index (χ2v) is 7.46. The summed E-state index contributed by atoms with van der Waals surface area (Å²) in [4.78, 5) is 14.8. The molecule has 27 heavy (non-hydrogen) atoms. The second-order valence-electron chi connectivity index (χ2n) is 7.46. The van der Waals surface area contributed by atoms with Crippen LogP contribution in [0.2, 0.25) is 0 Å². The molecule has 2 N–H and O–H groups in total. The molecule has 0 saturated carbocycles. The summed E-state index contributed by atoms with van der Waals surface area (Å²) in [6.07, 6.45) is 4.37. The van der Waals surface area contributed by atoms with Gasteiger partial charge >= 0.3 is 0 Å². The second kappa shape index (κ2) is 11.7. The van der Waals surface area contributed by atoms with E-state index < -0.39 is 0 Å². The number of morpholine rings is 1. The van der Waals surface area contributed by atoms with Crippen molar-refractivity contribution in [2.24, 2.45) is 5.92 Å². The number of ether oxygens (including phenoxy) is 1. The Balaban J connectivity index is 0.00000182. The van der Waals surface area contributed by atoms with E-state index in [2.05, 4.69) is 35.4 Å². The van der Waals surface area contributed by atoms with E-state index in [-0.39, 0.29) is 42.9 Å². The standard InChI is InChI=1S/C20H31N3O2.2ClH/c1-15-13-23(14-16(2)25-15)19-6-4-3-5-18(19)22-20(24)8-7-17-9-11-21-12-10-17;;/h3-6,15-17,21H,7-14H2,1-2H3,(H,22,24);2*1H. The monoisotopic (exact) mass is 417 g/mol. The van der Waals surface area contributed by atoms with Crippen LogP contribution in [0.15, 0.2) is 24.3 Å². The van der Waals surface area contributed by atoms with Crippen molar-refractivity contribution >= 4 is 42.1 Å². The third-order valence-corrected chi connectivity index (χ3v) is 5.18. The van der Waals surface area contributed by atoms with Crippen molar-refractivity contribution in [3.05, 3.63) is 24.3 Å². The van der Waals surface area contributed by atoms with Crippen LogP contribution in [-0.2, 0) is 9.53 Å². The lowest BCUT2D eigenvalue weighted by atomic mass is 9.93. The quantitative estimate of drug-likeness (QED) is 0.763. The highest BCUT2D eigenvalue weighted by Crippen LogP contribution is 2.29. The number of piperidine rings is 1. The Morgan fingerprint density at radius 3 is 2.44 bits per heavy atom. The lowest BCUT2D eigenvalue weighted by molar-refractivity contribution is -0.116. The summed E-state index contributed by atoms with van der Waals surface area (Å²) in [5, 5.41) is 6.52. The van der Waals surface area contributed by atoms with Gasteiger partial charge in [-0.05, 0) is 64.3 Å². The minimum Gasteiger partial charge on any atom is -0.372 e. The van der Waals surface area contributed by atoms with Crippen LogP contribution in [0.1, 0.15) is 39.5 Å². The number of carbonyl (C=O) groups excluding carboxylic acids is 1. The van der Waals surface area contributed by atoms with Gasteiger partial charge in [0.05, 0.1) is 23.6 Å². The van der Waals surface area contributed by atoms with Gasteiger partial charge in [0.15, 0.2) is 0 Å². The van der Waals surface area contributed by atoms with E-state index in [1.807, 2.05) is 18.2 Å². The smallest absolute Gasteiger partial charge is 0.224 e. The normalized spacial score (nSPS) is 23.1. The highest BCUT2D eigenvalue weighted by atomic mass is 35.5. The summed E-state index contributed by atoms with van der Waals surface area (Å²) in [7, 11) is 0. The van der Waals surface area contributed by atoms with Crippen molar-refractivity contribution in [2.45, 2.75) is 51.7 Å². The molecule has 2 atom stereocenters. The number of halogens is 2. The Hall–Kier alpha value is -1.01. The largest absolute Gasteiger partial charge is 0.372 e. The van der Waals surface area contributed by atoms with Gasteiger partial charge < -0.3 is 20.3 Å². The molecule has 3 rings (SSSR count). The lowest BCUT2D eigenvalue weighted by Gasteiger charge is -2.37.